The molecule has 2 heterocycles. The smallest absolute Gasteiger partial charge is 0.254 e. The molecule has 1 fully saturated rings. The van der Waals surface area contributed by atoms with Gasteiger partial charge in [-0.3, -0.25) is 4.79 Å². The lowest BCUT2D eigenvalue weighted by molar-refractivity contribution is 0.0730. The van der Waals surface area contributed by atoms with Gasteiger partial charge in [0.1, 0.15) is 0 Å². The van der Waals surface area contributed by atoms with Crippen LogP contribution in [0.1, 0.15) is 40.1 Å². The number of hydrogen-bond donors (Lipinski definition) is 1. The van der Waals surface area contributed by atoms with Crippen LogP contribution in [0.2, 0.25) is 0 Å². The van der Waals surface area contributed by atoms with Gasteiger partial charge in [-0.05, 0) is 54.8 Å². The molecule has 0 saturated heterocycles. The molecule has 4 rings (SSSR count). The van der Waals surface area contributed by atoms with E-state index in [-0.39, 0.29) is 18.3 Å². The van der Waals surface area contributed by atoms with Crippen molar-refractivity contribution in [1.82, 2.24) is 4.90 Å². The van der Waals surface area contributed by atoms with Crippen LogP contribution in [0.4, 0.5) is 5.69 Å². The Labute approximate surface area is 147 Å². The molecule has 122 valence electrons. The molecule has 1 saturated carbocycles. The standard InChI is InChI=1S/C18H20N2OS.ClH/c21-18(16-5-1-7-17-15(16)6-2-10-19-17)20(13-8-9-13)12-14-4-3-11-22-14;/h1,3-5,7,11,13,19H,2,6,8-10,12H2;1H. The van der Waals surface area contributed by atoms with Crippen molar-refractivity contribution in [2.75, 3.05) is 11.9 Å². The van der Waals surface area contributed by atoms with E-state index in [4.69, 9.17) is 0 Å². The Morgan fingerprint density at radius 3 is 2.87 bits per heavy atom. The Kier molecular flexibility index (Phi) is 4.93. The molecular weight excluding hydrogens is 328 g/mol. The van der Waals surface area contributed by atoms with Crippen molar-refractivity contribution in [3.8, 4) is 0 Å². The molecule has 23 heavy (non-hydrogen) atoms. The first-order valence-corrected chi connectivity index (χ1v) is 8.90. The summed E-state index contributed by atoms with van der Waals surface area (Å²) in [6, 6.07) is 10.7. The number of fused-ring (bicyclic) bond motifs is 1. The lowest BCUT2D eigenvalue weighted by Crippen LogP contribution is -2.33. The quantitative estimate of drug-likeness (QED) is 0.891. The lowest BCUT2D eigenvalue weighted by Gasteiger charge is -2.26. The predicted molar refractivity (Wildman–Crippen MR) is 97.7 cm³/mol. The first-order valence-electron chi connectivity index (χ1n) is 8.02. The Morgan fingerprint density at radius 2 is 2.13 bits per heavy atom. The average molecular weight is 349 g/mol. The molecular formula is C18H21ClN2OS. The fourth-order valence-electron chi connectivity index (χ4n) is 3.19. The molecule has 1 aromatic carbocycles. The van der Waals surface area contributed by atoms with Crippen LogP contribution in [0.25, 0.3) is 0 Å². The zero-order chi connectivity index (χ0) is 14.9. The highest BCUT2D eigenvalue weighted by Gasteiger charge is 2.34. The maximum Gasteiger partial charge on any atom is 0.254 e. The predicted octanol–water partition coefficient (Wildman–Crippen LogP) is 4.33. The molecule has 1 aliphatic carbocycles. The topological polar surface area (TPSA) is 32.3 Å². The van der Waals surface area contributed by atoms with E-state index in [2.05, 4.69) is 33.8 Å². The summed E-state index contributed by atoms with van der Waals surface area (Å²) < 4.78 is 0. The molecule has 0 bridgehead atoms. The minimum Gasteiger partial charge on any atom is -0.385 e. The third kappa shape index (κ3) is 3.38. The third-order valence-corrected chi connectivity index (χ3v) is 5.34. The van der Waals surface area contributed by atoms with Crippen molar-refractivity contribution in [1.29, 1.82) is 0 Å². The fourth-order valence-corrected chi connectivity index (χ4v) is 3.89. The van der Waals surface area contributed by atoms with E-state index in [0.29, 0.717) is 6.04 Å². The van der Waals surface area contributed by atoms with Crippen LogP contribution in [0.5, 0.6) is 0 Å². The van der Waals surface area contributed by atoms with E-state index >= 15 is 0 Å². The van der Waals surface area contributed by atoms with Gasteiger partial charge in [0.05, 0.1) is 6.54 Å². The molecule has 0 radical (unpaired) electrons. The number of carbonyl (C=O) groups excluding carboxylic acids is 1. The fraction of sp³-hybridized carbons (Fsp3) is 0.389. The number of thiophene rings is 1. The highest BCUT2D eigenvalue weighted by atomic mass is 35.5. The van der Waals surface area contributed by atoms with Crippen LogP contribution in [0.15, 0.2) is 35.7 Å². The van der Waals surface area contributed by atoms with E-state index < -0.39 is 0 Å². The summed E-state index contributed by atoms with van der Waals surface area (Å²) in [5.41, 5.74) is 3.24. The second-order valence-corrected chi connectivity index (χ2v) is 7.14. The van der Waals surface area contributed by atoms with E-state index in [1.54, 1.807) is 11.3 Å². The summed E-state index contributed by atoms with van der Waals surface area (Å²) >= 11 is 1.73. The molecule has 2 aromatic rings. The zero-order valence-electron chi connectivity index (χ0n) is 13.0. The maximum absolute atomic E-state index is 13.1. The van der Waals surface area contributed by atoms with Gasteiger partial charge >= 0.3 is 0 Å². The molecule has 1 aromatic heterocycles. The number of halogens is 1. The van der Waals surface area contributed by atoms with Gasteiger partial charge in [0.25, 0.3) is 5.91 Å². The van der Waals surface area contributed by atoms with Crippen molar-refractivity contribution in [2.24, 2.45) is 0 Å². The van der Waals surface area contributed by atoms with E-state index in [0.717, 1.165) is 50.0 Å². The lowest BCUT2D eigenvalue weighted by atomic mass is 9.96. The van der Waals surface area contributed by atoms with E-state index in [1.165, 1.54) is 10.4 Å². The summed E-state index contributed by atoms with van der Waals surface area (Å²) in [6.45, 7) is 1.75. The molecule has 0 atom stereocenters. The number of carbonyl (C=O) groups is 1. The third-order valence-electron chi connectivity index (χ3n) is 4.48. The Hall–Kier alpha value is -1.52. The molecule has 0 spiro atoms. The first-order chi connectivity index (χ1) is 10.8. The molecule has 2 aliphatic rings. The highest BCUT2D eigenvalue weighted by molar-refractivity contribution is 7.09. The van der Waals surface area contributed by atoms with Gasteiger partial charge in [-0.2, -0.15) is 0 Å². The van der Waals surface area contributed by atoms with Crippen LogP contribution >= 0.6 is 23.7 Å². The van der Waals surface area contributed by atoms with E-state index in [9.17, 15) is 4.79 Å². The second kappa shape index (κ2) is 6.93. The number of benzene rings is 1. The molecule has 1 amide bonds. The Morgan fingerprint density at radius 1 is 1.26 bits per heavy atom. The number of nitrogens with zero attached hydrogens (tertiary/aromatic N) is 1. The van der Waals surface area contributed by atoms with Crippen molar-refractivity contribution >= 4 is 35.3 Å². The number of nitrogens with one attached hydrogen (secondary N) is 1. The van der Waals surface area contributed by atoms with Gasteiger partial charge in [-0.25, -0.2) is 0 Å². The Bertz CT molecular complexity index is 682. The molecule has 0 unspecified atom stereocenters. The van der Waals surface area contributed by atoms with Gasteiger partial charge < -0.3 is 10.2 Å². The molecule has 3 nitrogen and oxygen atoms in total. The summed E-state index contributed by atoms with van der Waals surface area (Å²) in [7, 11) is 0. The van der Waals surface area contributed by atoms with Gasteiger partial charge in [-0.1, -0.05) is 12.1 Å². The largest absolute Gasteiger partial charge is 0.385 e. The molecule has 1 aliphatic heterocycles. The zero-order valence-corrected chi connectivity index (χ0v) is 14.6. The summed E-state index contributed by atoms with van der Waals surface area (Å²) in [5, 5.41) is 5.50. The summed E-state index contributed by atoms with van der Waals surface area (Å²) in [5.74, 6) is 0.205. The summed E-state index contributed by atoms with van der Waals surface area (Å²) in [4.78, 5) is 16.5. The second-order valence-electron chi connectivity index (χ2n) is 6.11. The van der Waals surface area contributed by atoms with Gasteiger partial charge in [0, 0.05) is 28.7 Å². The minimum absolute atomic E-state index is 0. The highest BCUT2D eigenvalue weighted by Crippen LogP contribution is 2.33. The van der Waals surface area contributed by atoms with Gasteiger partial charge in [-0.15, -0.1) is 23.7 Å². The van der Waals surface area contributed by atoms with Crippen molar-refractivity contribution < 1.29 is 4.79 Å². The SMILES string of the molecule is Cl.O=C(c1cccc2c1CCCN2)N(Cc1cccs1)C1CC1. The molecule has 5 heteroatoms. The van der Waals surface area contributed by atoms with Crippen molar-refractivity contribution in [3.63, 3.8) is 0 Å². The number of hydrogen-bond acceptors (Lipinski definition) is 3. The average Bonchev–Trinajstić information content (AvgIpc) is 3.27. The normalized spacial score (nSPS) is 16.0. The first kappa shape index (κ1) is 16.3. The number of rotatable bonds is 4. The summed E-state index contributed by atoms with van der Waals surface area (Å²) in [6.07, 6.45) is 4.39. The number of amides is 1. The van der Waals surface area contributed by atoms with E-state index in [1.807, 2.05) is 12.1 Å². The van der Waals surface area contributed by atoms with Crippen LogP contribution < -0.4 is 5.32 Å². The van der Waals surface area contributed by atoms with Crippen LogP contribution in [-0.4, -0.2) is 23.4 Å². The molecule has 1 N–H and O–H groups in total. The monoisotopic (exact) mass is 348 g/mol. The van der Waals surface area contributed by atoms with Crippen molar-refractivity contribution in [3.05, 3.63) is 51.7 Å². The van der Waals surface area contributed by atoms with Gasteiger partial charge in [0.15, 0.2) is 0 Å². The van der Waals surface area contributed by atoms with Gasteiger partial charge in [0.2, 0.25) is 0 Å². The number of anilines is 1. The van der Waals surface area contributed by atoms with Crippen LogP contribution in [-0.2, 0) is 13.0 Å². The van der Waals surface area contributed by atoms with Crippen LogP contribution in [0, 0.1) is 0 Å². The van der Waals surface area contributed by atoms with Crippen LogP contribution in [0.3, 0.4) is 0 Å². The Balaban J connectivity index is 0.00000156. The van der Waals surface area contributed by atoms with Crippen molar-refractivity contribution in [2.45, 2.75) is 38.3 Å². The maximum atomic E-state index is 13.1. The minimum atomic E-state index is 0.